The van der Waals surface area contributed by atoms with Crippen molar-refractivity contribution >= 4 is 21.6 Å². The lowest BCUT2D eigenvalue weighted by atomic mass is 10.1. The Morgan fingerprint density at radius 1 is 1.15 bits per heavy atom. The van der Waals surface area contributed by atoms with Crippen LogP contribution in [0.5, 0.6) is 5.75 Å². The molecule has 174 valence electrons. The molecule has 2 aromatic carbocycles. The van der Waals surface area contributed by atoms with E-state index in [1.165, 1.54) is 17.5 Å². The number of amides is 1. The number of benzene rings is 2. The van der Waals surface area contributed by atoms with Crippen molar-refractivity contribution in [2.45, 2.75) is 17.9 Å². The SMILES string of the molecule is COc1ccc(CC(=O)Nc2ccccc2Cn2cccn2)cc1S(=O)(=O)N1CCOCC1. The Hall–Kier alpha value is -3.21. The molecular formula is C23H26N4O5S. The van der Waals surface area contributed by atoms with Crippen LogP contribution in [0.4, 0.5) is 5.69 Å². The van der Waals surface area contributed by atoms with Crippen molar-refractivity contribution in [2.24, 2.45) is 0 Å². The van der Waals surface area contributed by atoms with Gasteiger partial charge in [-0.05, 0) is 35.4 Å². The second-order valence-corrected chi connectivity index (χ2v) is 9.49. The highest BCUT2D eigenvalue weighted by Crippen LogP contribution is 2.29. The number of methoxy groups -OCH3 is 1. The molecule has 1 N–H and O–H groups in total. The molecule has 0 saturated carbocycles. The van der Waals surface area contributed by atoms with E-state index in [9.17, 15) is 13.2 Å². The number of carbonyl (C=O) groups is 1. The summed E-state index contributed by atoms with van der Waals surface area (Å²) in [6, 6.07) is 14.2. The van der Waals surface area contributed by atoms with Gasteiger partial charge < -0.3 is 14.8 Å². The fraction of sp³-hybridized carbons (Fsp3) is 0.304. The minimum absolute atomic E-state index is 0.0196. The molecule has 2 heterocycles. The summed E-state index contributed by atoms with van der Waals surface area (Å²) in [4.78, 5) is 12.9. The number of carbonyl (C=O) groups excluding carboxylic acids is 1. The summed E-state index contributed by atoms with van der Waals surface area (Å²) in [5, 5.41) is 7.14. The zero-order chi connectivity index (χ0) is 23.3. The number of anilines is 1. The first-order chi connectivity index (χ1) is 16.0. The molecule has 0 bridgehead atoms. The van der Waals surface area contributed by atoms with Gasteiger partial charge in [0.25, 0.3) is 0 Å². The summed E-state index contributed by atoms with van der Waals surface area (Å²) in [6.45, 7) is 1.78. The highest BCUT2D eigenvalue weighted by molar-refractivity contribution is 7.89. The molecule has 0 unspecified atom stereocenters. The molecule has 1 aromatic heterocycles. The fourth-order valence-electron chi connectivity index (χ4n) is 3.69. The first-order valence-corrected chi connectivity index (χ1v) is 12.0. The Bertz CT molecular complexity index is 1210. The van der Waals surface area contributed by atoms with E-state index < -0.39 is 10.0 Å². The van der Waals surface area contributed by atoms with Gasteiger partial charge in [0.05, 0.1) is 33.3 Å². The van der Waals surface area contributed by atoms with E-state index in [1.54, 1.807) is 23.0 Å². The Morgan fingerprint density at radius 2 is 1.94 bits per heavy atom. The third kappa shape index (κ3) is 5.41. The van der Waals surface area contributed by atoms with Crippen molar-refractivity contribution in [1.29, 1.82) is 0 Å². The van der Waals surface area contributed by atoms with Crippen LogP contribution in [-0.4, -0.2) is 61.8 Å². The van der Waals surface area contributed by atoms with Gasteiger partial charge in [-0.2, -0.15) is 9.40 Å². The van der Waals surface area contributed by atoms with Crippen molar-refractivity contribution in [1.82, 2.24) is 14.1 Å². The van der Waals surface area contributed by atoms with E-state index >= 15 is 0 Å². The van der Waals surface area contributed by atoms with E-state index in [4.69, 9.17) is 9.47 Å². The van der Waals surface area contributed by atoms with Crippen LogP contribution in [0, 0.1) is 0 Å². The number of sulfonamides is 1. The molecule has 1 fully saturated rings. The fourth-order valence-corrected chi connectivity index (χ4v) is 5.30. The molecule has 9 nitrogen and oxygen atoms in total. The molecule has 1 aliphatic heterocycles. The number of para-hydroxylation sites is 1. The molecule has 0 atom stereocenters. The van der Waals surface area contributed by atoms with Crippen molar-refractivity contribution < 1.29 is 22.7 Å². The predicted molar refractivity (Wildman–Crippen MR) is 123 cm³/mol. The van der Waals surface area contributed by atoms with Crippen molar-refractivity contribution in [3.8, 4) is 5.75 Å². The second-order valence-electron chi connectivity index (χ2n) is 7.59. The van der Waals surface area contributed by atoms with E-state index in [2.05, 4.69) is 10.4 Å². The standard InChI is InChI=1S/C23H26N4O5S/c1-31-21-8-7-18(15-22(21)33(29,30)27-11-13-32-14-12-27)16-23(28)25-20-6-3-2-5-19(20)17-26-10-4-9-24-26/h2-10,15H,11-14,16-17H2,1H3,(H,25,28). The number of nitrogens with zero attached hydrogens (tertiary/aromatic N) is 3. The molecule has 3 aromatic rings. The number of rotatable bonds is 8. The minimum Gasteiger partial charge on any atom is -0.495 e. The van der Waals surface area contributed by atoms with Crippen molar-refractivity contribution in [3.63, 3.8) is 0 Å². The van der Waals surface area contributed by atoms with Crippen LogP contribution in [0.1, 0.15) is 11.1 Å². The van der Waals surface area contributed by atoms with Gasteiger partial charge in [0, 0.05) is 31.2 Å². The van der Waals surface area contributed by atoms with Gasteiger partial charge in [0.15, 0.2) is 0 Å². The first kappa shape index (κ1) is 23.0. The largest absolute Gasteiger partial charge is 0.495 e. The number of nitrogens with one attached hydrogen (secondary N) is 1. The summed E-state index contributed by atoms with van der Waals surface area (Å²) in [6.07, 6.45) is 3.57. The lowest BCUT2D eigenvalue weighted by Crippen LogP contribution is -2.40. The lowest BCUT2D eigenvalue weighted by Gasteiger charge is -2.26. The molecule has 0 spiro atoms. The molecule has 1 saturated heterocycles. The van der Waals surface area contributed by atoms with Crippen molar-refractivity contribution in [2.75, 3.05) is 38.7 Å². The molecule has 4 rings (SSSR count). The van der Waals surface area contributed by atoms with E-state index in [0.717, 1.165) is 5.56 Å². The maximum atomic E-state index is 13.2. The number of morpholine rings is 1. The zero-order valence-electron chi connectivity index (χ0n) is 18.3. The normalized spacial score (nSPS) is 14.7. The van der Waals surface area contributed by atoms with Gasteiger partial charge in [-0.15, -0.1) is 0 Å². The third-order valence-electron chi connectivity index (χ3n) is 5.36. The van der Waals surface area contributed by atoms with Gasteiger partial charge >= 0.3 is 0 Å². The Labute approximate surface area is 193 Å². The third-order valence-corrected chi connectivity index (χ3v) is 7.28. The number of ether oxygens (including phenoxy) is 2. The quantitative estimate of drug-likeness (QED) is 0.541. The van der Waals surface area contributed by atoms with Crippen molar-refractivity contribution in [3.05, 3.63) is 72.1 Å². The minimum atomic E-state index is -3.77. The van der Waals surface area contributed by atoms with Gasteiger partial charge in [-0.25, -0.2) is 8.42 Å². The Kier molecular flexibility index (Phi) is 7.07. The molecule has 1 aliphatic rings. The van der Waals surface area contributed by atoms with E-state index in [0.29, 0.717) is 31.0 Å². The number of aromatic nitrogens is 2. The Balaban J connectivity index is 1.52. The smallest absolute Gasteiger partial charge is 0.246 e. The highest BCUT2D eigenvalue weighted by Gasteiger charge is 2.29. The summed E-state index contributed by atoms with van der Waals surface area (Å²) in [7, 11) is -2.34. The van der Waals surface area contributed by atoms with E-state index in [1.807, 2.05) is 36.5 Å². The molecule has 10 heteroatoms. The summed E-state index contributed by atoms with van der Waals surface area (Å²) < 4.78 is 40.1. The number of hydrogen-bond donors (Lipinski definition) is 1. The van der Waals surface area contributed by atoms with Crippen LogP contribution in [0.15, 0.2) is 65.8 Å². The van der Waals surface area contributed by atoms with Gasteiger partial charge in [-0.3, -0.25) is 9.48 Å². The molecule has 0 radical (unpaired) electrons. The predicted octanol–water partition coefficient (Wildman–Crippen LogP) is 2.14. The van der Waals surface area contributed by atoms with Gasteiger partial charge in [0.1, 0.15) is 10.6 Å². The summed E-state index contributed by atoms with van der Waals surface area (Å²) >= 11 is 0. The average Bonchev–Trinajstić information content (AvgIpc) is 3.34. The zero-order valence-corrected chi connectivity index (χ0v) is 19.1. The topological polar surface area (TPSA) is 103 Å². The molecule has 1 amide bonds. The maximum Gasteiger partial charge on any atom is 0.246 e. The monoisotopic (exact) mass is 470 g/mol. The lowest BCUT2D eigenvalue weighted by molar-refractivity contribution is -0.115. The van der Waals surface area contributed by atoms with Crippen LogP contribution in [0.2, 0.25) is 0 Å². The average molecular weight is 471 g/mol. The molecule has 33 heavy (non-hydrogen) atoms. The summed E-state index contributed by atoms with van der Waals surface area (Å²) in [5.41, 5.74) is 2.18. The number of hydrogen-bond acceptors (Lipinski definition) is 6. The Morgan fingerprint density at radius 3 is 2.67 bits per heavy atom. The van der Waals surface area contributed by atoms with E-state index in [-0.39, 0.29) is 36.1 Å². The maximum absolute atomic E-state index is 13.2. The highest BCUT2D eigenvalue weighted by atomic mass is 32.2. The summed E-state index contributed by atoms with van der Waals surface area (Å²) in [5.74, 6) is -0.00183. The van der Waals surface area contributed by atoms with Gasteiger partial charge in [-0.1, -0.05) is 24.3 Å². The van der Waals surface area contributed by atoms with Crippen LogP contribution in [0.25, 0.3) is 0 Å². The second kappa shape index (κ2) is 10.2. The van der Waals surface area contributed by atoms with Crippen LogP contribution in [-0.2, 0) is 32.5 Å². The van der Waals surface area contributed by atoms with Crippen LogP contribution >= 0.6 is 0 Å². The first-order valence-electron chi connectivity index (χ1n) is 10.6. The molecule has 0 aliphatic carbocycles. The van der Waals surface area contributed by atoms with Crippen LogP contribution < -0.4 is 10.1 Å². The van der Waals surface area contributed by atoms with Gasteiger partial charge in [0.2, 0.25) is 15.9 Å². The molecular weight excluding hydrogens is 444 g/mol. The van der Waals surface area contributed by atoms with Crippen LogP contribution in [0.3, 0.4) is 0 Å².